The van der Waals surface area contributed by atoms with Gasteiger partial charge in [0.2, 0.25) is 0 Å². The Hall–Kier alpha value is -1.13. The minimum atomic E-state index is -0.722. The van der Waals surface area contributed by atoms with E-state index in [4.69, 9.17) is 5.11 Å². The second-order valence-corrected chi connectivity index (χ2v) is 5.70. The highest BCUT2D eigenvalue weighted by Crippen LogP contribution is 2.31. The smallest absolute Gasteiger partial charge is 0.307 e. The van der Waals surface area contributed by atoms with Gasteiger partial charge in [0, 0.05) is 17.1 Å². The number of benzene rings is 1. The van der Waals surface area contributed by atoms with Crippen LogP contribution in [0.5, 0.6) is 0 Å². The van der Waals surface area contributed by atoms with Gasteiger partial charge < -0.3 is 10.4 Å². The van der Waals surface area contributed by atoms with Gasteiger partial charge in [-0.15, -0.1) is 0 Å². The van der Waals surface area contributed by atoms with Gasteiger partial charge in [0.25, 0.3) is 0 Å². The van der Waals surface area contributed by atoms with Gasteiger partial charge in [0.15, 0.2) is 0 Å². The molecule has 2 N–H and O–H groups in total. The zero-order valence-electron chi connectivity index (χ0n) is 10.2. The molecule has 0 aliphatic carbocycles. The van der Waals surface area contributed by atoms with Gasteiger partial charge >= 0.3 is 5.97 Å². The molecule has 1 saturated heterocycles. The van der Waals surface area contributed by atoms with Crippen molar-refractivity contribution < 1.29 is 9.90 Å². The van der Waals surface area contributed by atoms with Crippen LogP contribution in [-0.2, 0) is 4.79 Å². The van der Waals surface area contributed by atoms with Crippen molar-refractivity contribution in [3.05, 3.63) is 40.4 Å². The van der Waals surface area contributed by atoms with Crippen molar-refractivity contribution in [1.82, 2.24) is 5.32 Å². The molecule has 1 heterocycles. The SMILES string of the molecule is C=C(C)c1cc(Br)cc(C2CC(C(=O)O)CN2)c1. The van der Waals surface area contributed by atoms with Crippen molar-refractivity contribution >= 4 is 27.5 Å². The summed E-state index contributed by atoms with van der Waals surface area (Å²) in [5.74, 6) is -1.01. The highest BCUT2D eigenvalue weighted by atomic mass is 79.9. The number of halogens is 1. The fourth-order valence-corrected chi connectivity index (χ4v) is 2.75. The van der Waals surface area contributed by atoms with E-state index in [1.807, 2.05) is 19.1 Å². The summed E-state index contributed by atoms with van der Waals surface area (Å²) in [6, 6.07) is 6.25. The van der Waals surface area contributed by atoms with E-state index in [-0.39, 0.29) is 12.0 Å². The van der Waals surface area contributed by atoms with Crippen molar-refractivity contribution in [2.24, 2.45) is 5.92 Å². The zero-order valence-corrected chi connectivity index (χ0v) is 11.8. The van der Waals surface area contributed by atoms with Gasteiger partial charge in [-0.3, -0.25) is 4.79 Å². The first-order valence-corrected chi connectivity index (χ1v) is 6.69. The van der Waals surface area contributed by atoms with Crippen LogP contribution in [0.15, 0.2) is 29.3 Å². The molecular formula is C14H16BrNO2. The van der Waals surface area contributed by atoms with Crippen LogP contribution in [0.4, 0.5) is 0 Å². The third-order valence-electron chi connectivity index (χ3n) is 3.30. The molecule has 0 bridgehead atoms. The molecule has 3 nitrogen and oxygen atoms in total. The number of carboxylic acids is 1. The Morgan fingerprint density at radius 1 is 1.50 bits per heavy atom. The van der Waals surface area contributed by atoms with Gasteiger partial charge in [-0.1, -0.05) is 28.1 Å². The highest BCUT2D eigenvalue weighted by Gasteiger charge is 2.30. The molecule has 2 unspecified atom stereocenters. The van der Waals surface area contributed by atoms with E-state index >= 15 is 0 Å². The minimum Gasteiger partial charge on any atom is -0.481 e. The van der Waals surface area contributed by atoms with Gasteiger partial charge in [-0.2, -0.15) is 0 Å². The fraction of sp³-hybridized carbons (Fsp3) is 0.357. The third kappa shape index (κ3) is 2.82. The van der Waals surface area contributed by atoms with E-state index in [2.05, 4.69) is 33.9 Å². The van der Waals surface area contributed by atoms with Crippen LogP contribution in [0.25, 0.3) is 5.57 Å². The number of nitrogens with one attached hydrogen (secondary N) is 1. The molecule has 96 valence electrons. The molecule has 1 aliphatic rings. The van der Waals surface area contributed by atoms with E-state index in [1.165, 1.54) is 0 Å². The van der Waals surface area contributed by atoms with E-state index in [0.29, 0.717) is 13.0 Å². The van der Waals surface area contributed by atoms with Crippen molar-refractivity contribution in [2.45, 2.75) is 19.4 Å². The number of hydrogen-bond donors (Lipinski definition) is 2. The lowest BCUT2D eigenvalue weighted by Crippen LogP contribution is -2.17. The molecule has 1 aromatic rings. The Labute approximate surface area is 115 Å². The summed E-state index contributed by atoms with van der Waals surface area (Å²) in [6.45, 7) is 6.44. The Bertz CT molecular complexity index is 499. The van der Waals surface area contributed by atoms with E-state index in [9.17, 15) is 4.79 Å². The normalized spacial score (nSPS) is 23.0. The Morgan fingerprint density at radius 3 is 2.78 bits per heavy atom. The first kappa shape index (κ1) is 13.3. The summed E-state index contributed by atoms with van der Waals surface area (Å²) in [7, 11) is 0. The second kappa shape index (κ2) is 5.24. The monoisotopic (exact) mass is 309 g/mol. The lowest BCUT2D eigenvalue weighted by Gasteiger charge is -2.13. The van der Waals surface area contributed by atoms with Gasteiger partial charge in [-0.05, 0) is 42.7 Å². The molecule has 0 saturated carbocycles. The maximum Gasteiger partial charge on any atom is 0.307 e. The summed E-state index contributed by atoms with van der Waals surface area (Å²) in [6.07, 6.45) is 0.640. The van der Waals surface area contributed by atoms with Gasteiger partial charge in [0.1, 0.15) is 0 Å². The predicted octanol–water partition coefficient (Wildman–Crippen LogP) is 3.22. The lowest BCUT2D eigenvalue weighted by molar-refractivity contribution is -0.141. The standard InChI is InChI=1S/C14H16BrNO2/c1-8(2)9-3-10(5-12(15)4-9)13-6-11(7-16-13)14(17)18/h3-5,11,13,16H,1,6-7H2,2H3,(H,17,18). The quantitative estimate of drug-likeness (QED) is 0.901. The van der Waals surface area contributed by atoms with Crippen molar-refractivity contribution in [2.75, 3.05) is 6.54 Å². The summed E-state index contributed by atoms with van der Waals surface area (Å²) >= 11 is 3.49. The number of allylic oxidation sites excluding steroid dienone is 1. The van der Waals surface area contributed by atoms with Crippen LogP contribution in [0, 0.1) is 5.92 Å². The average molecular weight is 310 g/mol. The van der Waals surface area contributed by atoms with Crippen LogP contribution >= 0.6 is 15.9 Å². The summed E-state index contributed by atoms with van der Waals surface area (Å²) < 4.78 is 0.999. The summed E-state index contributed by atoms with van der Waals surface area (Å²) in [5, 5.41) is 12.3. The van der Waals surface area contributed by atoms with E-state index < -0.39 is 5.97 Å². The first-order chi connectivity index (χ1) is 8.47. The zero-order chi connectivity index (χ0) is 13.3. The predicted molar refractivity (Wildman–Crippen MR) is 75.3 cm³/mol. The van der Waals surface area contributed by atoms with Crippen molar-refractivity contribution in [3.63, 3.8) is 0 Å². The number of aliphatic carboxylic acids is 1. The Balaban J connectivity index is 2.24. The largest absolute Gasteiger partial charge is 0.481 e. The van der Waals surface area contributed by atoms with E-state index in [1.54, 1.807) is 0 Å². The van der Waals surface area contributed by atoms with E-state index in [0.717, 1.165) is 21.2 Å². The molecule has 18 heavy (non-hydrogen) atoms. The molecule has 4 heteroatoms. The molecular weight excluding hydrogens is 294 g/mol. The molecule has 0 aromatic heterocycles. The van der Waals surface area contributed by atoms with Crippen LogP contribution in [0.2, 0.25) is 0 Å². The highest BCUT2D eigenvalue weighted by molar-refractivity contribution is 9.10. The Kier molecular flexibility index (Phi) is 3.88. The molecule has 2 atom stereocenters. The maximum absolute atomic E-state index is 11.0. The molecule has 2 rings (SSSR count). The van der Waals surface area contributed by atoms with Crippen molar-refractivity contribution in [1.29, 1.82) is 0 Å². The topological polar surface area (TPSA) is 49.3 Å². The maximum atomic E-state index is 11.0. The molecule has 0 spiro atoms. The molecule has 1 aliphatic heterocycles. The van der Waals surface area contributed by atoms with Crippen molar-refractivity contribution in [3.8, 4) is 0 Å². The van der Waals surface area contributed by atoms with Crippen LogP contribution in [0.3, 0.4) is 0 Å². The number of carbonyl (C=O) groups is 1. The van der Waals surface area contributed by atoms with Gasteiger partial charge in [-0.25, -0.2) is 0 Å². The number of carboxylic acid groups (broad SMARTS) is 1. The fourth-order valence-electron chi connectivity index (χ4n) is 2.24. The molecule has 1 fully saturated rings. The van der Waals surface area contributed by atoms with Crippen LogP contribution in [-0.4, -0.2) is 17.6 Å². The Morgan fingerprint density at radius 2 is 2.22 bits per heavy atom. The molecule has 1 aromatic carbocycles. The summed E-state index contributed by atoms with van der Waals surface area (Å²) in [4.78, 5) is 11.0. The minimum absolute atomic E-state index is 0.113. The van der Waals surface area contributed by atoms with Crippen LogP contribution < -0.4 is 5.32 Å². The third-order valence-corrected chi connectivity index (χ3v) is 3.75. The number of rotatable bonds is 3. The second-order valence-electron chi connectivity index (χ2n) is 4.79. The summed E-state index contributed by atoms with van der Waals surface area (Å²) in [5.41, 5.74) is 3.21. The lowest BCUT2D eigenvalue weighted by atomic mass is 9.97. The number of hydrogen-bond acceptors (Lipinski definition) is 2. The molecule has 0 radical (unpaired) electrons. The molecule has 0 amide bonds. The first-order valence-electron chi connectivity index (χ1n) is 5.90. The average Bonchev–Trinajstić information content (AvgIpc) is 2.77. The van der Waals surface area contributed by atoms with Gasteiger partial charge in [0.05, 0.1) is 5.92 Å². The van der Waals surface area contributed by atoms with Crippen LogP contribution in [0.1, 0.15) is 30.5 Å².